The summed E-state index contributed by atoms with van der Waals surface area (Å²) in [5, 5.41) is 2.80. The molecule has 104 valence electrons. The molecule has 1 amide bonds. The van der Waals surface area contributed by atoms with Crippen molar-refractivity contribution >= 4 is 17.2 Å². The van der Waals surface area contributed by atoms with Gasteiger partial charge in [0.25, 0.3) is 0 Å². The number of hydrogen-bond donors (Lipinski definition) is 1. The summed E-state index contributed by atoms with van der Waals surface area (Å²) in [6.45, 7) is 0. The van der Waals surface area contributed by atoms with Gasteiger partial charge in [-0.15, -0.1) is 11.3 Å². The summed E-state index contributed by atoms with van der Waals surface area (Å²) in [5.41, 5.74) is 6.41. The predicted octanol–water partition coefficient (Wildman–Crippen LogP) is 3.22. The minimum absolute atomic E-state index is 0.140. The Hall–Kier alpha value is -1.68. The monoisotopic (exact) mass is 286 g/mol. The van der Waals surface area contributed by atoms with Crippen LogP contribution in [0.5, 0.6) is 0 Å². The van der Waals surface area contributed by atoms with Crippen molar-refractivity contribution in [3.63, 3.8) is 0 Å². The largest absolute Gasteiger partial charge is 0.369 e. The third-order valence-electron chi connectivity index (χ3n) is 4.36. The van der Waals surface area contributed by atoms with Crippen LogP contribution in [0.15, 0.2) is 41.9 Å². The van der Waals surface area contributed by atoms with E-state index in [9.17, 15) is 4.79 Å². The number of primary amides is 1. The highest BCUT2D eigenvalue weighted by atomic mass is 32.1. The molecule has 0 spiro atoms. The first-order valence-corrected chi connectivity index (χ1v) is 7.88. The van der Waals surface area contributed by atoms with E-state index >= 15 is 0 Å². The van der Waals surface area contributed by atoms with Crippen molar-refractivity contribution in [3.8, 4) is 0 Å². The van der Waals surface area contributed by atoms with E-state index in [4.69, 9.17) is 5.73 Å². The van der Waals surface area contributed by atoms with E-state index in [0.29, 0.717) is 0 Å². The van der Waals surface area contributed by atoms with Gasteiger partial charge in [0, 0.05) is 17.5 Å². The molecule has 0 radical (unpaired) electrons. The fourth-order valence-corrected chi connectivity index (χ4v) is 4.34. The fourth-order valence-electron chi connectivity index (χ4n) is 3.41. The van der Waals surface area contributed by atoms with E-state index in [-0.39, 0.29) is 11.8 Å². The zero-order valence-corrected chi connectivity index (χ0v) is 12.1. The number of thiazole rings is 1. The van der Waals surface area contributed by atoms with Gasteiger partial charge in [0.05, 0.1) is 0 Å². The van der Waals surface area contributed by atoms with Gasteiger partial charge in [0.2, 0.25) is 5.91 Å². The van der Waals surface area contributed by atoms with Crippen molar-refractivity contribution in [2.24, 2.45) is 5.73 Å². The molecular formula is C16H18N2OS. The van der Waals surface area contributed by atoms with Crippen LogP contribution < -0.4 is 5.73 Å². The topological polar surface area (TPSA) is 56.0 Å². The Labute approximate surface area is 122 Å². The lowest BCUT2D eigenvalue weighted by Gasteiger charge is -2.40. The third kappa shape index (κ3) is 2.04. The zero-order valence-electron chi connectivity index (χ0n) is 11.3. The van der Waals surface area contributed by atoms with Crippen molar-refractivity contribution in [1.82, 2.24) is 4.98 Å². The molecule has 1 aromatic heterocycles. The van der Waals surface area contributed by atoms with Gasteiger partial charge in [0.15, 0.2) is 0 Å². The molecule has 2 aromatic rings. The third-order valence-corrected chi connectivity index (χ3v) is 5.32. The van der Waals surface area contributed by atoms with E-state index in [1.54, 1.807) is 17.5 Å². The molecule has 3 rings (SSSR count). The summed E-state index contributed by atoms with van der Waals surface area (Å²) in [7, 11) is 0. The van der Waals surface area contributed by atoms with Crippen LogP contribution in [0.2, 0.25) is 0 Å². The van der Waals surface area contributed by atoms with Crippen molar-refractivity contribution in [3.05, 3.63) is 52.5 Å². The molecule has 1 aromatic carbocycles. The lowest BCUT2D eigenvalue weighted by Crippen LogP contribution is -2.47. The average molecular weight is 286 g/mol. The molecule has 0 bridgehead atoms. The van der Waals surface area contributed by atoms with Crippen LogP contribution in [0.4, 0.5) is 0 Å². The maximum atomic E-state index is 12.3. The molecule has 1 fully saturated rings. The Balaban J connectivity index is 2.12. The van der Waals surface area contributed by atoms with E-state index < -0.39 is 5.41 Å². The molecule has 1 heterocycles. The highest BCUT2D eigenvalue weighted by Crippen LogP contribution is 2.49. The molecule has 4 heteroatoms. The number of aromatic nitrogens is 1. The van der Waals surface area contributed by atoms with Crippen molar-refractivity contribution in [1.29, 1.82) is 0 Å². The Bertz CT molecular complexity index is 582. The zero-order chi connectivity index (χ0) is 14.0. The van der Waals surface area contributed by atoms with Crippen LogP contribution in [-0.2, 0) is 10.2 Å². The van der Waals surface area contributed by atoms with Crippen molar-refractivity contribution in [2.45, 2.75) is 37.0 Å². The first-order valence-electron chi connectivity index (χ1n) is 7.00. The van der Waals surface area contributed by atoms with Gasteiger partial charge in [-0.3, -0.25) is 4.79 Å². The van der Waals surface area contributed by atoms with Crippen LogP contribution >= 0.6 is 11.3 Å². The first-order chi connectivity index (χ1) is 9.75. The van der Waals surface area contributed by atoms with Gasteiger partial charge in [-0.1, -0.05) is 43.2 Å². The lowest BCUT2D eigenvalue weighted by atomic mass is 9.63. The van der Waals surface area contributed by atoms with Gasteiger partial charge < -0.3 is 5.73 Å². The summed E-state index contributed by atoms with van der Waals surface area (Å²) < 4.78 is 0. The molecule has 0 aliphatic heterocycles. The summed E-state index contributed by atoms with van der Waals surface area (Å²) in [6.07, 6.45) is 5.73. The molecule has 0 saturated heterocycles. The Morgan fingerprint density at radius 1 is 1.30 bits per heavy atom. The number of carbonyl (C=O) groups is 1. The number of benzene rings is 1. The maximum absolute atomic E-state index is 12.3. The maximum Gasteiger partial charge on any atom is 0.231 e. The lowest BCUT2D eigenvalue weighted by molar-refractivity contribution is -0.125. The van der Waals surface area contributed by atoms with Crippen LogP contribution in [0.1, 0.15) is 42.2 Å². The molecule has 1 aliphatic carbocycles. The van der Waals surface area contributed by atoms with Crippen molar-refractivity contribution in [2.75, 3.05) is 0 Å². The highest BCUT2D eigenvalue weighted by molar-refractivity contribution is 7.09. The molecule has 2 N–H and O–H groups in total. The Kier molecular flexibility index (Phi) is 3.57. The molecule has 3 nitrogen and oxygen atoms in total. The minimum Gasteiger partial charge on any atom is -0.369 e. The van der Waals surface area contributed by atoms with E-state index in [1.165, 1.54) is 5.56 Å². The minimum atomic E-state index is -0.631. The second kappa shape index (κ2) is 5.37. The van der Waals surface area contributed by atoms with E-state index in [0.717, 1.165) is 30.7 Å². The van der Waals surface area contributed by atoms with Gasteiger partial charge in [-0.2, -0.15) is 0 Å². The number of nitrogens with zero attached hydrogens (tertiary/aromatic N) is 1. The van der Waals surface area contributed by atoms with E-state index in [1.807, 2.05) is 23.6 Å². The standard InChI is InChI=1S/C16H18N2OS/c17-14(19)16(15-18-10-11-20-15)9-5-4-8-13(16)12-6-2-1-3-7-12/h1-3,6-7,10-11,13H,4-5,8-9H2,(H2,17,19). The fraction of sp³-hybridized carbons (Fsp3) is 0.375. The van der Waals surface area contributed by atoms with Crippen LogP contribution in [0.25, 0.3) is 0 Å². The first kappa shape index (κ1) is 13.3. The number of rotatable bonds is 3. The van der Waals surface area contributed by atoms with E-state index in [2.05, 4.69) is 17.1 Å². The van der Waals surface area contributed by atoms with Crippen LogP contribution in [-0.4, -0.2) is 10.9 Å². The van der Waals surface area contributed by atoms with Crippen molar-refractivity contribution < 1.29 is 4.79 Å². The second-order valence-corrected chi connectivity index (χ2v) is 6.28. The second-order valence-electron chi connectivity index (χ2n) is 5.38. The normalized spacial score (nSPS) is 26.3. The van der Waals surface area contributed by atoms with Gasteiger partial charge in [-0.05, 0) is 18.4 Å². The summed E-state index contributed by atoms with van der Waals surface area (Å²) in [6, 6.07) is 10.2. The SMILES string of the molecule is NC(=O)C1(c2nccs2)CCCCC1c1ccccc1. The van der Waals surface area contributed by atoms with Crippen LogP contribution in [0, 0.1) is 0 Å². The smallest absolute Gasteiger partial charge is 0.231 e. The molecule has 2 atom stereocenters. The number of nitrogens with two attached hydrogens (primary N) is 1. The van der Waals surface area contributed by atoms with Gasteiger partial charge in [0.1, 0.15) is 10.4 Å². The number of carbonyl (C=O) groups excluding carboxylic acids is 1. The summed E-state index contributed by atoms with van der Waals surface area (Å²) in [5.74, 6) is -0.0953. The molecular weight excluding hydrogens is 268 g/mol. The molecule has 1 aliphatic rings. The molecule has 1 saturated carbocycles. The van der Waals surface area contributed by atoms with Crippen LogP contribution in [0.3, 0.4) is 0 Å². The van der Waals surface area contributed by atoms with Gasteiger partial charge >= 0.3 is 0 Å². The summed E-state index contributed by atoms with van der Waals surface area (Å²) >= 11 is 1.54. The number of amides is 1. The van der Waals surface area contributed by atoms with Gasteiger partial charge in [-0.25, -0.2) is 4.98 Å². The Morgan fingerprint density at radius 3 is 2.75 bits per heavy atom. The average Bonchev–Trinajstić information content (AvgIpc) is 3.02. The Morgan fingerprint density at radius 2 is 2.10 bits per heavy atom. The highest BCUT2D eigenvalue weighted by Gasteiger charge is 2.49. The summed E-state index contributed by atoms with van der Waals surface area (Å²) in [4.78, 5) is 16.8. The predicted molar refractivity (Wildman–Crippen MR) is 80.6 cm³/mol. The molecule has 2 unspecified atom stereocenters. The molecule has 20 heavy (non-hydrogen) atoms. The quantitative estimate of drug-likeness (QED) is 0.941. The number of hydrogen-bond acceptors (Lipinski definition) is 3.